The monoisotopic (exact) mass is 709 g/mol. The highest BCUT2D eigenvalue weighted by molar-refractivity contribution is 5.70. The molecule has 0 atom stereocenters. The lowest BCUT2D eigenvalue weighted by atomic mass is 9.90. The van der Waals surface area contributed by atoms with Gasteiger partial charge in [-0.05, 0) is 52.2 Å². The van der Waals surface area contributed by atoms with Crippen LogP contribution in [-0.4, -0.2) is 87.3 Å². The minimum atomic E-state index is -0.832. The van der Waals surface area contributed by atoms with Gasteiger partial charge in [0.2, 0.25) is 0 Å². The van der Waals surface area contributed by atoms with Crippen LogP contribution in [0.1, 0.15) is 188 Å². The lowest BCUT2D eigenvalue weighted by molar-refractivity contribution is -0.163. The van der Waals surface area contributed by atoms with Crippen molar-refractivity contribution >= 4 is 17.9 Å². The molecular weight excluding hydrogens is 628 g/mol. The number of likely N-dealkylation sites (tertiary alicyclic amines) is 1. The Hall–Kier alpha value is -1.67. The molecular formula is C42H80N2O6. The quantitative estimate of drug-likeness (QED) is 0.0365. The number of ether oxygens (including phenoxy) is 3. The topological polar surface area (TPSA) is 85.4 Å². The zero-order valence-electron chi connectivity index (χ0n) is 33.4. The zero-order chi connectivity index (χ0) is 36.5. The minimum Gasteiger partial charge on any atom is -0.465 e. The van der Waals surface area contributed by atoms with Gasteiger partial charge in [-0.3, -0.25) is 14.4 Å². The molecule has 1 aliphatic heterocycles. The van der Waals surface area contributed by atoms with Gasteiger partial charge in [-0.1, -0.05) is 136 Å². The largest absolute Gasteiger partial charge is 0.465 e. The van der Waals surface area contributed by atoms with Crippen LogP contribution in [0.3, 0.4) is 0 Å². The lowest BCUT2D eigenvalue weighted by Crippen LogP contribution is -2.48. The molecule has 0 aromatic carbocycles. The van der Waals surface area contributed by atoms with Crippen molar-refractivity contribution in [3.63, 3.8) is 0 Å². The first kappa shape index (κ1) is 46.4. The summed E-state index contributed by atoms with van der Waals surface area (Å²) in [5.74, 6) is -0.690. The molecule has 0 unspecified atom stereocenters. The molecule has 50 heavy (non-hydrogen) atoms. The average molecular weight is 709 g/mol. The Morgan fingerprint density at radius 3 is 1.18 bits per heavy atom. The summed E-state index contributed by atoms with van der Waals surface area (Å²) < 4.78 is 17.8. The SMILES string of the molecule is CCCCCCCCCC(=O)OCC(COC(=O)CCCCCCCCC)(COC(=O)CCCCCCCCC)CN(C)CCN1CCCC1. The molecule has 0 aromatic rings. The summed E-state index contributed by atoms with van der Waals surface area (Å²) in [6.07, 6.45) is 27.4. The van der Waals surface area contributed by atoms with Gasteiger partial charge in [0.05, 0.1) is 5.41 Å². The fourth-order valence-electron chi connectivity index (χ4n) is 6.83. The first-order valence-corrected chi connectivity index (χ1v) is 21.2. The minimum absolute atomic E-state index is 0.0613. The third-order valence-electron chi connectivity index (χ3n) is 10.2. The second-order valence-corrected chi connectivity index (χ2v) is 15.4. The molecule has 0 spiro atoms. The second-order valence-electron chi connectivity index (χ2n) is 15.4. The molecule has 1 fully saturated rings. The van der Waals surface area contributed by atoms with Gasteiger partial charge in [0.25, 0.3) is 0 Å². The Morgan fingerprint density at radius 1 is 0.520 bits per heavy atom. The third-order valence-corrected chi connectivity index (χ3v) is 10.2. The molecule has 0 amide bonds. The fraction of sp³-hybridized carbons (Fsp3) is 0.929. The molecule has 294 valence electrons. The van der Waals surface area contributed by atoms with E-state index in [1.165, 1.54) is 89.9 Å². The lowest BCUT2D eigenvalue weighted by Gasteiger charge is -2.36. The number of likely N-dealkylation sites (N-methyl/N-ethyl adjacent to an activating group) is 1. The number of unbranched alkanes of at least 4 members (excludes halogenated alkanes) is 18. The van der Waals surface area contributed by atoms with E-state index in [-0.39, 0.29) is 37.7 Å². The highest BCUT2D eigenvalue weighted by Gasteiger charge is 2.37. The van der Waals surface area contributed by atoms with Crippen LogP contribution in [0.4, 0.5) is 0 Å². The summed E-state index contributed by atoms with van der Waals surface area (Å²) in [6, 6.07) is 0. The van der Waals surface area contributed by atoms with E-state index < -0.39 is 5.41 Å². The molecule has 1 aliphatic rings. The van der Waals surface area contributed by atoms with Gasteiger partial charge in [0, 0.05) is 38.9 Å². The van der Waals surface area contributed by atoms with Gasteiger partial charge in [0.15, 0.2) is 0 Å². The Bertz CT molecular complexity index is 747. The normalized spacial score (nSPS) is 13.6. The maximum atomic E-state index is 13.0. The third kappa shape index (κ3) is 26.2. The van der Waals surface area contributed by atoms with E-state index in [1.54, 1.807) is 0 Å². The van der Waals surface area contributed by atoms with Crippen molar-refractivity contribution < 1.29 is 28.6 Å². The molecule has 8 heteroatoms. The fourth-order valence-corrected chi connectivity index (χ4v) is 6.83. The number of hydrogen-bond acceptors (Lipinski definition) is 8. The van der Waals surface area contributed by atoms with Gasteiger partial charge in [-0.2, -0.15) is 0 Å². The van der Waals surface area contributed by atoms with Crippen molar-refractivity contribution in [1.82, 2.24) is 9.80 Å². The Balaban J connectivity index is 2.86. The van der Waals surface area contributed by atoms with Gasteiger partial charge in [0.1, 0.15) is 19.8 Å². The summed E-state index contributed by atoms with van der Waals surface area (Å²) in [4.78, 5) is 43.6. The van der Waals surface area contributed by atoms with E-state index in [1.807, 2.05) is 0 Å². The van der Waals surface area contributed by atoms with Crippen molar-refractivity contribution in [3.05, 3.63) is 0 Å². The van der Waals surface area contributed by atoms with E-state index in [2.05, 4.69) is 37.6 Å². The molecule has 1 saturated heterocycles. The molecule has 0 bridgehead atoms. The Morgan fingerprint density at radius 2 is 0.840 bits per heavy atom. The Labute approximate surface area is 308 Å². The molecule has 0 N–H and O–H groups in total. The van der Waals surface area contributed by atoms with Crippen LogP contribution < -0.4 is 0 Å². The maximum absolute atomic E-state index is 13.0. The molecule has 0 radical (unpaired) electrons. The highest BCUT2D eigenvalue weighted by Crippen LogP contribution is 2.24. The van der Waals surface area contributed by atoms with Crippen LogP contribution in [0.25, 0.3) is 0 Å². The number of carbonyl (C=O) groups excluding carboxylic acids is 3. The number of rotatable bonds is 35. The molecule has 8 nitrogen and oxygen atoms in total. The number of hydrogen-bond donors (Lipinski definition) is 0. The van der Waals surface area contributed by atoms with E-state index in [9.17, 15) is 14.4 Å². The van der Waals surface area contributed by atoms with Gasteiger partial charge >= 0.3 is 17.9 Å². The average Bonchev–Trinajstić information content (AvgIpc) is 3.64. The number of carbonyl (C=O) groups is 3. The van der Waals surface area contributed by atoms with E-state index in [4.69, 9.17) is 14.2 Å². The number of nitrogens with zero attached hydrogens (tertiary/aromatic N) is 2. The maximum Gasteiger partial charge on any atom is 0.305 e. The standard InChI is InChI=1S/C42H80N2O6/c1-5-8-11-14-17-20-23-28-39(45)48-36-42(35-43(4)33-34-44-31-26-27-32-44,37-49-40(46)29-24-21-18-15-12-9-6-2)38-50-41(47)30-25-22-19-16-13-10-7-3/h5-38H2,1-4H3. The molecule has 0 aliphatic carbocycles. The zero-order valence-corrected chi connectivity index (χ0v) is 33.4. The van der Waals surface area contributed by atoms with Crippen molar-refractivity contribution in [1.29, 1.82) is 0 Å². The van der Waals surface area contributed by atoms with Crippen LogP contribution in [0.15, 0.2) is 0 Å². The predicted octanol–water partition coefficient (Wildman–Crippen LogP) is 10.1. The Kier molecular flexibility index (Phi) is 29.7. The molecule has 0 saturated carbocycles. The molecule has 0 aromatic heterocycles. The molecule has 1 heterocycles. The van der Waals surface area contributed by atoms with Gasteiger partial charge in [-0.25, -0.2) is 0 Å². The van der Waals surface area contributed by atoms with Crippen molar-refractivity contribution in [2.24, 2.45) is 5.41 Å². The summed E-state index contributed by atoms with van der Waals surface area (Å²) >= 11 is 0. The summed E-state index contributed by atoms with van der Waals surface area (Å²) in [5, 5.41) is 0. The van der Waals surface area contributed by atoms with Crippen molar-refractivity contribution in [2.45, 2.75) is 188 Å². The first-order valence-electron chi connectivity index (χ1n) is 21.2. The predicted molar refractivity (Wildman–Crippen MR) is 206 cm³/mol. The van der Waals surface area contributed by atoms with Crippen molar-refractivity contribution in [2.75, 3.05) is 59.6 Å². The van der Waals surface area contributed by atoms with Crippen LogP contribution in [0.2, 0.25) is 0 Å². The van der Waals surface area contributed by atoms with Crippen LogP contribution in [0, 0.1) is 5.41 Å². The highest BCUT2D eigenvalue weighted by atomic mass is 16.6. The van der Waals surface area contributed by atoms with Crippen LogP contribution >= 0.6 is 0 Å². The van der Waals surface area contributed by atoms with Crippen LogP contribution in [-0.2, 0) is 28.6 Å². The second kappa shape index (κ2) is 32.0. The van der Waals surface area contributed by atoms with E-state index in [0.717, 1.165) is 84.0 Å². The van der Waals surface area contributed by atoms with Gasteiger partial charge in [-0.15, -0.1) is 0 Å². The summed E-state index contributed by atoms with van der Waals surface area (Å²) in [5.41, 5.74) is -0.832. The van der Waals surface area contributed by atoms with Gasteiger partial charge < -0.3 is 24.0 Å². The smallest absolute Gasteiger partial charge is 0.305 e. The summed E-state index contributed by atoms with van der Waals surface area (Å²) in [6.45, 7) is 11.4. The van der Waals surface area contributed by atoms with E-state index >= 15 is 0 Å². The van der Waals surface area contributed by atoms with Crippen molar-refractivity contribution in [3.8, 4) is 0 Å². The summed E-state index contributed by atoms with van der Waals surface area (Å²) in [7, 11) is 2.06. The first-order chi connectivity index (χ1) is 24.3. The number of esters is 3. The van der Waals surface area contributed by atoms with E-state index in [0.29, 0.717) is 25.8 Å². The van der Waals surface area contributed by atoms with Crippen LogP contribution in [0.5, 0.6) is 0 Å². The molecule has 1 rings (SSSR count).